The molecule has 0 bridgehead atoms. The van der Waals surface area contributed by atoms with Crippen molar-refractivity contribution in [2.45, 2.75) is 20.0 Å². The molecule has 0 spiro atoms. The number of hydrogen-bond acceptors (Lipinski definition) is 2. The van der Waals surface area contributed by atoms with E-state index in [2.05, 4.69) is 0 Å². The van der Waals surface area contributed by atoms with E-state index >= 15 is 0 Å². The number of benzene rings is 3. The lowest BCUT2D eigenvalue weighted by molar-refractivity contribution is 0.0949. The van der Waals surface area contributed by atoms with Crippen LogP contribution in [0.4, 0.5) is 11.4 Å². The Kier molecular flexibility index (Phi) is 3.25. The number of fused-ring (bicyclic) bond motifs is 5. The molecule has 132 valence electrons. The molecule has 27 heavy (non-hydrogen) atoms. The molecular formula is C23H18N2O2. The van der Waals surface area contributed by atoms with Crippen LogP contribution in [-0.2, 0) is 0 Å². The maximum absolute atomic E-state index is 13.5. The summed E-state index contributed by atoms with van der Waals surface area (Å²) >= 11 is 0. The first-order valence-electron chi connectivity index (χ1n) is 9.01. The minimum Gasteiger partial charge on any atom is -0.282 e. The fraction of sp³-hybridized carbons (Fsp3) is 0.130. The molecule has 4 heteroatoms. The number of nitrogens with zero attached hydrogens (tertiary/aromatic N) is 2. The molecule has 1 unspecified atom stereocenters. The summed E-state index contributed by atoms with van der Waals surface area (Å²) in [5.74, 6) is -0.143. The van der Waals surface area contributed by atoms with Gasteiger partial charge in [-0.15, -0.1) is 0 Å². The van der Waals surface area contributed by atoms with E-state index in [0.29, 0.717) is 16.8 Å². The lowest BCUT2D eigenvalue weighted by atomic mass is 10.00. The maximum Gasteiger partial charge on any atom is 0.262 e. The van der Waals surface area contributed by atoms with Crippen LogP contribution in [0.1, 0.15) is 43.6 Å². The molecule has 2 aliphatic rings. The van der Waals surface area contributed by atoms with Crippen molar-refractivity contribution in [2.75, 3.05) is 9.80 Å². The number of anilines is 2. The third-order valence-corrected chi connectivity index (χ3v) is 5.63. The van der Waals surface area contributed by atoms with Crippen molar-refractivity contribution >= 4 is 23.2 Å². The minimum atomic E-state index is -0.461. The zero-order chi connectivity index (χ0) is 18.7. The van der Waals surface area contributed by atoms with E-state index in [0.717, 1.165) is 22.4 Å². The SMILES string of the molecule is Cc1cccc(N2C(=O)c3ccccc3N3C(=O)c4ccccc4C32)c1C. The van der Waals surface area contributed by atoms with Crippen molar-refractivity contribution in [3.63, 3.8) is 0 Å². The summed E-state index contributed by atoms with van der Waals surface area (Å²) in [6, 6.07) is 20.9. The zero-order valence-electron chi connectivity index (χ0n) is 15.1. The molecule has 0 aromatic heterocycles. The second-order valence-corrected chi connectivity index (χ2v) is 7.05. The average Bonchev–Trinajstić information content (AvgIpc) is 2.98. The molecule has 0 radical (unpaired) electrons. The van der Waals surface area contributed by atoms with E-state index < -0.39 is 6.17 Å². The first kappa shape index (κ1) is 15.8. The van der Waals surface area contributed by atoms with Crippen LogP contribution in [0.2, 0.25) is 0 Å². The van der Waals surface area contributed by atoms with E-state index in [9.17, 15) is 9.59 Å². The third kappa shape index (κ3) is 2.04. The van der Waals surface area contributed by atoms with E-state index in [1.54, 1.807) is 15.9 Å². The molecule has 5 rings (SSSR count). The zero-order valence-corrected chi connectivity index (χ0v) is 15.1. The predicted molar refractivity (Wildman–Crippen MR) is 105 cm³/mol. The number of hydrogen-bond donors (Lipinski definition) is 0. The van der Waals surface area contributed by atoms with Crippen molar-refractivity contribution in [1.29, 1.82) is 0 Å². The average molecular weight is 354 g/mol. The first-order chi connectivity index (χ1) is 13.1. The Hall–Kier alpha value is -3.40. The third-order valence-electron chi connectivity index (χ3n) is 5.63. The number of rotatable bonds is 1. The van der Waals surface area contributed by atoms with Gasteiger partial charge in [-0.3, -0.25) is 19.4 Å². The lowest BCUT2D eigenvalue weighted by Gasteiger charge is -2.41. The van der Waals surface area contributed by atoms with Crippen LogP contribution < -0.4 is 9.80 Å². The molecule has 3 aromatic carbocycles. The summed E-state index contributed by atoms with van der Waals surface area (Å²) in [5.41, 5.74) is 5.75. The summed E-state index contributed by atoms with van der Waals surface area (Å²) in [7, 11) is 0. The van der Waals surface area contributed by atoms with Crippen LogP contribution in [-0.4, -0.2) is 11.8 Å². The standard InChI is InChI=1S/C23H18N2O2/c1-14-8-7-13-19(15(14)2)24-21-16-9-3-4-10-17(16)22(26)25(21)20-12-6-5-11-18(20)23(24)27/h3-13,21H,1-2H3. The minimum absolute atomic E-state index is 0.0640. The van der Waals surface area contributed by atoms with Gasteiger partial charge in [0.05, 0.1) is 11.3 Å². The van der Waals surface area contributed by atoms with Crippen molar-refractivity contribution in [3.05, 3.63) is 94.5 Å². The molecule has 2 amide bonds. The summed E-state index contributed by atoms with van der Waals surface area (Å²) < 4.78 is 0. The van der Waals surface area contributed by atoms with E-state index in [-0.39, 0.29) is 11.8 Å². The molecule has 0 saturated heterocycles. The number of amides is 2. The van der Waals surface area contributed by atoms with E-state index in [1.807, 2.05) is 74.5 Å². The van der Waals surface area contributed by atoms with Crippen LogP contribution in [0.3, 0.4) is 0 Å². The Balaban J connectivity index is 1.82. The van der Waals surface area contributed by atoms with E-state index in [1.165, 1.54) is 0 Å². The second-order valence-electron chi connectivity index (χ2n) is 7.05. The summed E-state index contributed by atoms with van der Waals surface area (Å²) in [4.78, 5) is 30.3. The predicted octanol–water partition coefficient (Wildman–Crippen LogP) is 4.62. The molecule has 2 aliphatic heterocycles. The molecule has 0 saturated carbocycles. The number of carbonyl (C=O) groups excluding carboxylic acids is 2. The highest BCUT2D eigenvalue weighted by Gasteiger charge is 2.48. The normalized spacial score (nSPS) is 17.6. The fourth-order valence-corrected chi connectivity index (χ4v) is 4.14. The molecular weight excluding hydrogens is 336 g/mol. The first-order valence-corrected chi connectivity index (χ1v) is 9.01. The topological polar surface area (TPSA) is 40.6 Å². The van der Waals surface area contributed by atoms with Crippen LogP contribution in [0, 0.1) is 13.8 Å². The monoisotopic (exact) mass is 354 g/mol. The Labute approximate surface area is 157 Å². The van der Waals surface area contributed by atoms with Gasteiger partial charge >= 0.3 is 0 Å². The van der Waals surface area contributed by atoms with Crippen LogP contribution >= 0.6 is 0 Å². The van der Waals surface area contributed by atoms with Crippen LogP contribution in [0.5, 0.6) is 0 Å². The number of para-hydroxylation sites is 1. The van der Waals surface area contributed by atoms with Gasteiger partial charge in [0.1, 0.15) is 6.17 Å². The Morgan fingerprint density at radius 2 is 1.26 bits per heavy atom. The Morgan fingerprint density at radius 3 is 2.07 bits per heavy atom. The molecule has 0 fully saturated rings. The highest BCUT2D eigenvalue weighted by atomic mass is 16.2. The molecule has 0 N–H and O–H groups in total. The van der Waals surface area contributed by atoms with Crippen LogP contribution in [0.25, 0.3) is 0 Å². The van der Waals surface area contributed by atoms with Gasteiger partial charge < -0.3 is 0 Å². The number of carbonyl (C=O) groups is 2. The number of aryl methyl sites for hydroxylation is 1. The highest BCUT2D eigenvalue weighted by Crippen LogP contribution is 2.47. The molecule has 0 aliphatic carbocycles. The van der Waals surface area contributed by atoms with Gasteiger partial charge in [0, 0.05) is 16.8 Å². The lowest BCUT2D eigenvalue weighted by Crippen LogP contribution is -2.48. The molecule has 2 heterocycles. The smallest absolute Gasteiger partial charge is 0.262 e. The van der Waals surface area contributed by atoms with E-state index in [4.69, 9.17) is 0 Å². The summed E-state index contributed by atoms with van der Waals surface area (Å²) in [5, 5.41) is 0. The molecule has 1 atom stereocenters. The maximum atomic E-state index is 13.5. The fourth-order valence-electron chi connectivity index (χ4n) is 4.14. The Morgan fingerprint density at radius 1 is 0.667 bits per heavy atom. The van der Waals surface area contributed by atoms with Crippen molar-refractivity contribution in [1.82, 2.24) is 0 Å². The molecule has 3 aromatic rings. The van der Waals surface area contributed by atoms with Gasteiger partial charge in [-0.25, -0.2) is 0 Å². The van der Waals surface area contributed by atoms with Crippen molar-refractivity contribution in [2.24, 2.45) is 0 Å². The van der Waals surface area contributed by atoms with Crippen molar-refractivity contribution in [3.8, 4) is 0 Å². The second kappa shape index (κ2) is 5.55. The van der Waals surface area contributed by atoms with Gasteiger partial charge in [0.15, 0.2) is 0 Å². The van der Waals surface area contributed by atoms with Gasteiger partial charge in [-0.1, -0.05) is 42.5 Å². The highest BCUT2D eigenvalue weighted by molar-refractivity contribution is 6.21. The summed E-state index contributed by atoms with van der Waals surface area (Å²) in [6.07, 6.45) is -0.461. The van der Waals surface area contributed by atoms with Crippen LogP contribution in [0.15, 0.2) is 66.7 Å². The Bertz CT molecular complexity index is 1120. The van der Waals surface area contributed by atoms with Crippen molar-refractivity contribution < 1.29 is 9.59 Å². The van der Waals surface area contributed by atoms with Gasteiger partial charge in [0.2, 0.25) is 0 Å². The van der Waals surface area contributed by atoms with Gasteiger partial charge in [-0.2, -0.15) is 0 Å². The summed E-state index contributed by atoms with van der Waals surface area (Å²) in [6.45, 7) is 4.05. The quantitative estimate of drug-likeness (QED) is 0.640. The van der Waals surface area contributed by atoms with Gasteiger partial charge in [-0.05, 0) is 49.2 Å². The molecule has 4 nitrogen and oxygen atoms in total. The van der Waals surface area contributed by atoms with Gasteiger partial charge in [0.25, 0.3) is 11.8 Å². The largest absolute Gasteiger partial charge is 0.282 e.